The van der Waals surface area contributed by atoms with Crippen molar-refractivity contribution in [3.8, 4) is 0 Å². The lowest BCUT2D eigenvalue weighted by Crippen LogP contribution is -2.29. The molecular weight excluding hydrogens is 323 g/mol. The molecule has 25 heavy (non-hydrogen) atoms. The van der Waals surface area contributed by atoms with Crippen molar-refractivity contribution in [3.05, 3.63) is 53.7 Å². The molecule has 2 heterocycles. The molecule has 126 valence electrons. The Kier molecular flexibility index (Phi) is 3.58. The van der Waals surface area contributed by atoms with Crippen molar-refractivity contribution < 1.29 is 14.3 Å². The Bertz CT molecular complexity index is 977. The van der Waals surface area contributed by atoms with Crippen LogP contribution in [0.25, 0.3) is 23.1 Å². The van der Waals surface area contributed by atoms with Gasteiger partial charge in [-0.05, 0) is 36.6 Å². The predicted octanol–water partition coefficient (Wildman–Crippen LogP) is 2.73. The third-order valence-corrected chi connectivity index (χ3v) is 4.19. The highest BCUT2D eigenvalue weighted by Gasteiger charge is 2.48. The van der Waals surface area contributed by atoms with Crippen molar-refractivity contribution in [1.29, 1.82) is 0 Å². The van der Waals surface area contributed by atoms with Gasteiger partial charge in [0.1, 0.15) is 11.4 Å². The number of fused-ring (bicyclic) bond motifs is 1. The average Bonchev–Trinajstić information content (AvgIpc) is 3.26. The Morgan fingerprint density at radius 1 is 1.36 bits per heavy atom. The van der Waals surface area contributed by atoms with Crippen LogP contribution in [0.15, 0.2) is 36.7 Å². The van der Waals surface area contributed by atoms with Crippen LogP contribution >= 0.6 is 0 Å². The molecule has 1 aliphatic rings. The zero-order valence-corrected chi connectivity index (χ0v) is 13.2. The molecule has 0 atom stereocenters. The first-order chi connectivity index (χ1) is 12.0. The molecule has 3 N–H and O–H groups in total. The van der Waals surface area contributed by atoms with Crippen molar-refractivity contribution in [2.24, 2.45) is 0 Å². The summed E-state index contributed by atoms with van der Waals surface area (Å²) < 4.78 is 14.2. The van der Waals surface area contributed by atoms with Gasteiger partial charge in [-0.3, -0.25) is 14.9 Å². The molecular formula is C18H15FN4O2. The van der Waals surface area contributed by atoms with Gasteiger partial charge in [-0.2, -0.15) is 5.10 Å². The molecule has 3 aromatic rings. The molecule has 0 bridgehead atoms. The number of anilines is 1. The summed E-state index contributed by atoms with van der Waals surface area (Å²) in [5.74, 6) is -1.17. The Labute approximate surface area is 142 Å². The predicted molar refractivity (Wildman–Crippen MR) is 92.0 cm³/mol. The quantitative estimate of drug-likeness (QED) is 0.682. The summed E-state index contributed by atoms with van der Waals surface area (Å²) in [6.45, 7) is 0. The van der Waals surface area contributed by atoms with Crippen LogP contribution in [0.1, 0.15) is 24.1 Å². The number of aromatic amines is 1. The summed E-state index contributed by atoms with van der Waals surface area (Å²) in [5, 5.41) is 19.9. The van der Waals surface area contributed by atoms with E-state index in [9.17, 15) is 14.3 Å². The molecule has 7 heteroatoms. The van der Waals surface area contributed by atoms with E-state index in [-0.39, 0.29) is 5.69 Å². The molecule has 0 radical (unpaired) electrons. The van der Waals surface area contributed by atoms with Crippen molar-refractivity contribution in [1.82, 2.24) is 15.2 Å². The number of carbonyl (C=O) groups excluding carboxylic acids is 1. The van der Waals surface area contributed by atoms with Gasteiger partial charge in [0.25, 0.3) is 5.91 Å². The number of hydrogen-bond donors (Lipinski definition) is 3. The number of rotatable bonds is 4. The van der Waals surface area contributed by atoms with E-state index in [1.807, 2.05) is 18.2 Å². The molecule has 1 fully saturated rings. The molecule has 1 saturated carbocycles. The second-order valence-electron chi connectivity index (χ2n) is 6.09. The number of aliphatic hydroxyl groups is 1. The Hall–Kier alpha value is -3.06. The summed E-state index contributed by atoms with van der Waals surface area (Å²) >= 11 is 0. The summed E-state index contributed by atoms with van der Waals surface area (Å²) in [6, 6.07) is 6.52. The smallest absolute Gasteiger partial charge is 0.256 e. The minimum atomic E-state index is -1.36. The lowest BCUT2D eigenvalue weighted by Gasteiger charge is -2.10. The third kappa shape index (κ3) is 3.01. The summed E-state index contributed by atoms with van der Waals surface area (Å²) in [7, 11) is 0. The summed E-state index contributed by atoms with van der Waals surface area (Å²) in [4.78, 5) is 16.0. The molecule has 4 rings (SSSR count). The van der Waals surface area contributed by atoms with E-state index in [1.54, 1.807) is 18.5 Å². The van der Waals surface area contributed by atoms with Crippen LogP contribution < -0.4 is 5.32 Å². The van der Waals surface area contributed by atoms with Crippen molar-refractivity contribution in [2.75, 3.05) is 5.32 Å². The number of hydrogen-bond acceptors (Lipinski definition) is 4. The minimum absolute atomic E-state index is 0.0234. The van der Waals surface area contributed by atoms with Crippen LogP contribution in [-0.4, -0.2) is 31.8 Å². The van der Waals surface area contributed by atoms with E-state index in [1.165, 1.54) is 12.1 Å². The van der Waals surface area contributed by atoms with Crippen molar-refractivity contribution in [2.45, 2.75) is 18.4 Å². The fourth-order valence-electron chi connectivity index (χ4n) is 2.52. The number of benzene rings is 1. The fraction of sp³-hybridized carbons (Fsp3) is 0.167. The van der Waals surface area contributed by atoms with Crippen LogP contribution in [-0.2, 0) is 4.79 Å². The number of nitrogens with zero attached hydrogens (tertiary/aromatic N) is 2. The lowest BCUT2D eigenvalue weighted by molar-refractivity contribution is -0.125. The highest BCUT2D eigenvalue weighted by atomic mass is 19.1. The number of pyridine rings is 1. The molecule has 6 nitrogen and oxygen atoms in total. The summed E-state index contributed by atoms with van der Waals surface area (Å²) in [6.07, 6.45) is 7.83. The average molecular weight is 338 g/mol. The van der Waals surface area contributed by atoms with Gasteiger partial charge in [-0.25, -0.2) is 4.39 Å². The summed E-state index contributed by atoms with van der Waals surface area (Å²) in [5.41, 5.74) is 0.701. The van der Waals surface area contributed by atoms with E-state index >= 15 is 0 Å². The SMILES string of the molecule is O=C(Nc1cc2c(/C=C/c3cccnc3)n[nH]c2cc1F)C1(O)CC1. The topological polar surface area (TPSA) is 90.9 Å². The zero-order valence-electron chi connectivity index (χ0n) is 13.2. The molecule has 1 amide bonds. The van der Waals surface area contributed by atoms with Gasteiger partial charge >= 0.3 is 0 Å². The first kappa shape index (κ1) is 15.5. The first-order valence-electron chi connectivity index (χ1n) is 7.85. The molecule has 0 aliphatic heterocycles. The van der Waals surface area contributed by atoms with Gasteiger partial charge in [-0.1, -0.05) is 12.1 Å². The van der Waals surface area contributed by atoms with E-state index in [4.69, 9.17) is 0 Å². The fourth-order valence-corrected chi connectivity index (χ4v) is 2.52. The maximum Gasteiger partial charge on any atom is 0.256 e. The van der Waals surface area contributed by atoms with Crippen LogP contribution in [0.2, 0.25) is 0 Å². The Morgan fingerprint density at radius 2 is 2.20 bits per heavy atom. The maximum atomic E-state index is 14.2. The number of H-pyrrole nitrogens is 1. The number of amides is 1. The molecule has 0 spiro atoms. The monoisotopic (exact) mass is 338 g/mol. The molecule has 0 unspecified atom stereocenters. The molecule has 1 aromatic carbocycles. The maximum absolute atomic E-state index is 14.2. The molecule has 1 aliphatic carbocycles. The lowest BCUT2D eigenvalue weighted by atomic mass is 10.1. The van der Waals surface area contributed by atoms with Gasteiger partial charge in [0.15, 0.2) is 0 Å². The van der Waals surface area contributed by atoms with Crippen molar-refractivity contribution >= 4 is 34.6 Å². The number of halogens is 1. The number of aromatic nitrogens is 3. The standard InChI is InChI=1S/C18H15FN4O2/c19-13-9-15-12(8-16(13)21-17(24)18(25)5-6-18)14(22-23-15)4-3-11-2-1-7-20-10-11/h1-4,7-10,25H,5-6H2,(H,21,24)(H,22,23)/b4-3+. The van der Waals surface area contributed by atoms with Gasteiger partial charge in [-0.15, -0.1) is 0 Å². The number of carbonyl (C=O) groups is 1. The van der Waals surface area contributed by atoms with Crippen LogP contribution in [0.3, 0.4) is 0 Å². The van der Waals surface area contributed by atoms with E-state index in [0.29, 0.717) is 29.4 Å². The minimum Gasteiger partial charge on any atom is -0.380 e. The Balaban J connectivity index is 1.66. The normalized spacial score (nSPS) is 15.6. The Morgan fingerprint density at radius 3 is 2.92 bits per heavy atom. The van der Waals surface area contributed by atoms with Gasteiger partial charge < -0.3 is 10.4 Å². The van der Waals surface area contributed by atoms with Crippen molar-refractivity contribution in [3.63, 3.8) is 0 Å². The second-order valence-corrected chi connectivity index (χ2v) is 6.09. The van der Waals surface area contributed by atoms with E-state index in [2.05, 4.69) is 20.5 Å². The highest BCUT2D eigenvalue weighted by molar-refractivity contribution is 6.01. The van der Waals surface area contributed by atoms with E-state index < -0.39 is 17.3 Å². The van der Waals surface area contributed by atoms with Crippen LogP contribution in [0.5, 0.6) is 0 Å². The van der Waals surface area contributed by atoms with Crippen LogP contribution in [0.4, 0.5) is 10.1 Å². The van der Waals surface area contributed by atoms with Crippen LogP contribution in [0, 0.1) is 5.82 Å². The second kappa shape index (κ2) is 5.78. The largest absolute Gasteiger partial charge is 0.380 e. The zero-order chi connectivity index (χ0) is 17.4. The van der Waals surface area contributed by atoms with E-state index in [0.717, 1.165) is 5.56 Å². The van der Waals surface area contributed by atoms with Gasteiger partial charge in [0.2, 0.25) is 0 Å². The highest BCUT2D eigenvalue weighted by Crippen LogP contribution is 2.36. The molecule has 2 aromatic heterocycles. The first-order valence-corrected chi connectivity index (χ1v) is 7.85. The van der Waals surface area contributed by atoms with Gasteiger partial charge in [0.05, 0.1) is 16.9 Å². The number of nitrogens with one attached hydrogen (secondary N) is 2. The third-order valence-electron chi connectivity index (χ3n) is 4.19. The molecule has 0 saturated heterocycles. The van der Waals surface area contributed by atoms with Gasteiger partial charge in [0, 0.05) is 23.8 Å².